The van der Waals surface area contributed by atoms with Crippen molar-refractivity contribution in [1.29, 1.82) is 5.26 Å². The second-order valence-electron chi connectivity index (χ2n) is 4.51. The molecule has 112 valence electrons. The summed E-state index contributed by atoms with van der Waals surface area (Å²) in [7, 11) is 0. The van der Waals surface area contributed by atoms with Crippen LogP contribution in [-0.2, 0) is 4.79 Å². The number of nitrogens with zero attached hydrogens (tertiary/aromatic N) is 1. The first-order chi connectivity index (χ1) is 10.5. The lowest BCUT2D eigenvalue weighted by atomic mass is 10.2. The first-order valence-electron chi connectivity index (χ1n) is 6.42. The average Bonchev–Trinajstić information content (AvgIpc) is 2.51. The fraction of sp³-hybridized carbons (Fsp3) is 0.125. The Morgan fingerprint density at radius 2 is 2.00 bits per heavy atom. The van der Waals surface area contributed by atoms with Gasteiger partial charge in [-0.25, -0.2) is 4.39 Å². The zero-order valence-electron chi connectivity index (χ0n) is 11.6. The summed E-state index contributed by atoms with van der Waals surface area (Å²) in [5.41, 5.74) is 0.869. The van der Waals surface area contributed by atoms with E-state index in [-0.39, 0.29) is 10.8 Å². The molecule has 2 aromatic carbocycles. The number of carbonyl (C=O) groups excluding carboxylic acids is 1. The van der Waals surface area contributed by atoms with Gasteiger partial charge >= 0.3 is 0 Å². The number of halogens is 2. The number of nitriles is 1. The molecule has 0 radical (unpaired) electrons. The molecule has 0 bridgehead atoms. The van der Waals surface area contributed by atoms with Crippen molar-refractivity contribution in [2.75, 3.05) is 5.32 Å². The predicted molar refractivity (Wildman–Crippen MR) is 81.3 cm³/mol. The molecule has 0 saturated carbocycles. The highest BCUT2D eigenvalue weighted by Crippen LogP contribution is 2.26. The van der Waals surface area contributed by atoms with E-state index >= 15 is 0 Å². The van der Waals surface area contributed by atoms with E-state index in [4.69, 9.17) is 21.6 Å². The van der Waals surface area contributed by atoms with Crippen LogP contribution in [0.15, 0.2) is 42.5 Å². The van der Waals surface area contributed by atoms with Crippen molar-refractivity contribution >= 4 is 23.2 Å². The second-order valence-corrected chi connectivity index (χ2v) is 4.92. The molecule has 0 aliphatic carbocycles. The lowest BCUT2D eigenvalue weighted by Crippen LogP contribution is -2.30. The minimum Gasteiger partial charge on any atom is -0.479 e. The zero-order chi connectivity index (χ0) is 16.1. The van der Waals surface area contributed by atoms with Gasteiger partial charge in [0.1, 0.15) is 11.6 Å². The molecule has 0 saturated heterocycles. The summed E-state index contributed by atoms with van der Waals surface area (Å²) >= 11 is 5.99. The molecule has 0 unspecified atom stereocenters. The molecule has 1 atom stereocenters. The molecule has 0 spiro atoms. The normalized spacial score (nSPS) is 11.4. The van der Waals surface area contributed by atoms with Gasteiger partial charge in [0.25, 0.3) is 5.91 Å². The molecule has 0 aliphatic rings. The van der Waals surface area contributed by atoms with Gasteiger partial charge in [0.15, 0.2) is 6.10 Å². The SMILES string of the molecule is C[C@@H](Oc1ccc(C#N)cc1Cl)C(=O)Nc1ccc(F)cc1. The number of ether oxygens (including phenoxy) is 1. The lowest BCUT2D eigenvalue weighted by Gasteiger charge is -2.15. The second kappa shape index (κ2) is 6.92. The van der Waals surface area contributed by atoms with Crippen LogP contribution >= 0.6 is 11.6 Å². The molecule has 4 nitrogen and oxygen atoms in total. The number of rotatable bonds is 4. The van der Waals surface area contributed by atoms with E-state index in [1.54, 1.807) is 13.0 Å². The van der Waals surface area contributed by atoms with Crippen molar-refractivity contribution in [2.24, 2.45) is 0 Å². The van der Waals surface area contributed by atoms with Crippen LogP contribution in [0.4, 0.5) is 10.1 Å². The first kappa shape index (κ1) is 15.8. The minimum atomic E-state index is -0.810. The van der Waals surface area contributed by atoms with Crippen LogP contribution in [0.1, 0.15) is 12.5 Å². The molecular formula is C16H12ClFN2O2. The largest absolute Gasteiger partial charge is 0.479 e. The van der Waals surface area contributed by atoms with Gasteiger partial charge in [0.2, 0.25) is 0 Å². The maximum Gasteiger partial charge on any atom is 0.265 e. The van der Waals surface area contributed by atoms with E-state index in [2.05, 4.69) is 5.32 Å². The Morgan fingerprint density at radius 1 is 1.32 bits per heavy atom. The van der Waals surface area contributed by atoms with Gasteiger partial charge in [-0.3, -0.25) is 4.79 Å². The van der Waals surface area contributed by atoms with Crippen LogP contribution in [0.2, 0.25) is 5.02 Å². The Balaban J connectivity index is 2.02. The van der Waals surface area contributed by atoms with Crippen molar-refractivity contribution in [3.8, 4) is 11.8 Å². The third-order valence-corrected chi connectivity index (χ3v) is 3.14. The van der Waals surface area contributed by atoms with Crippen LogP contribution in [-0.4, -0.2) is 12.0 Å². The van der Waals surface area contributed by atoms with Gasteiger partial charge in [-0.1, -0.05) is 11.6 Å². The lowest BCUT2D eigenvalue weighted by molar-refractivity contribution is -0.122. The van der Waals surface area contributed by atoms with Crippen molar-refractivity contribution in [1.82, 2.24) is 0 Å². The molecular weight excluding hydrogens is 307 g/mol. The molecule has 0 heterocycles. The van der Waals surface area contributed by atoms with Crippen LogP contribution in [0.25, 0.3) is 0 Å². The summed E-state index contributed by atoms with van der Waals surface area (Å²) in [4.78, 5) is 12.0. The summed E-state index contributed by atoms with van der Waals surface area (Å²) in [6, 6.07) is 11.9. The molecule has 2 aromatic rings. The van der Waals surface area contributed by atoms with E-state index < -0.39 is 12.0 Å². The Hall–Kier alpha value is -2.58. The minimum absolute atomic E-state index is 0.250. The Kier molecular flexibility index (Phi) is 4.97. The van der Waals surface area contributed by atoms with E-state index in [0.29, 0.717) is 17.0 Å². The summed E-state index contributed by atoms with van der Waals surface area (Å²) in [6.45, 7) is 1.56. The highest BCUT2D eigenvalue weighted by Gasteiger charge is 2.16. The van der Waals surface area contributed by atoms with Crippen LogP contribution in [0.3, 0.4) is 0 Å². The van der Waals surface area contributed by atoms with Gasteiger partial charge in [0, 0.05) is 5.69 Å². The molecule has 2 rings (SSSR count). The van der Waals surface area contributed by atoms with Gasteiger partial charge < -0.3 is 10.1 Å². The monoisotopic (exact) mass is 318 g/mol. The smallest absolute Gasteiger partial charge is 0.265 e. The number of carbonyl (C=O) groups is 1. The fourth-order valence-electron chi connectivity index (χ4n) is 1.69. The molecule has 6 heteroatoms. The van der Waals surface area contributed by atoms with E-state index in [1.807, 2.05) is 6.07 Å². The van der Waals surface area contributed by atoms with Gasteiger partial charge in [-0.15, -0.1) is 0 Å². The number of amides is 1. The summed E-state index contributed by atoms with van der Waals surface area (Å²) in [6.07, 6.45) is -0.810. The number of benzene rings is 2. The van der Waals surface area contributed by atoms with Gasteiger partial charge in [-0.2, -0.15) is 5.26 Å². The number of hydrogen-bond donors (Lipinski definition) is 1. The third-order valence-electron chi connectivity index (χ3n) is 2.85. The Labute approximate surface area is 132 Å². The van der Waals surface area contributed by atoms with Crippen LogP contribution < -0.4 is 10.1 Å². The average molecular weight is 319 g/mol. The predicted octanol–water partition coefficient (Wildman–Crippen LogP) is 3.76. The third kappa shape index (κ3) is 3.96. The number of nitrogens with one attached hydrogen (secondary N) is 1. The van der Waals surface area contributed by atoms with E-state index in [0.717, 1.165) is 0 Å². The molecule has 0 aliphatic heterocycles. The molecule has 1 N–H and O–H groups in total. The summed E-state index contributed by atoms with van der Waals surface area (Å²) in [5.74, 6) is -0.471. The van der Waals surface area contributed by atoms with Crippen LogP contribution in [0.5, 0.6) is 5.75 Å². The molecule has 0 fully saturated rings. The Bertz CT molecular complexity index is 726. The van der Waals surface area contributed by atoms with Gasteiger partial charge in [-0.05, 0) is 49.4 Å². The highest BCUT2D eigenvalue weighted by atomic mass is 35.5. The van der Waals surface area contributed by atoms with Crippen molar-refractivity contribution < 1.29 is 13.9 Å². The zero-order valence-corrected chi connectivity index (χ0v) is 12.4. The van der Waals surface area contributed by atoms with Crippen LogP contribution in [0, 0.1) is 17.1 Å². The molecule has 0 aromatic heterocycles. The maximum absolute atomic E-state index is 12.8. The summed E-state index contributed by atoms with van der Waals surface area (Å²) < 4.78 is 18.3. The number of hydrogen-bond acceptors (Lipinski definition) is 3. The first-order valence-corrected chi connectivity index (χ1v) is 6.80. The topological polar surface area (TPSA) is 62.1 Å². The molecule has 1 amide bonds. The van der Waals surface area contributed by atoms with Crippen molar-refractivity contribution in [3.63, 3.8) is 0 Å². The maximum atomic E-state index is 12.8. The van der Waals surface area contributed by atoms with Gasteiger partial charge in [0.05, 0.1) is 16.7 Å². The standard InChI is InChI=1S/C16H12ClFN2O2/c1-10(16(21)20-13-5-3-12(18)4-6-13)22-15-7-2-11(9-19)8-14(15)17/h2-8,10H,1H3,(H,20,21)/t10-/m1/s1. The fourth-order valence-corrected chi connectivity index (χ4v) is 1.91. The highest BCUT2D eigenvalue weighted by molar-refractivity contribution is 6.32. The molecule has 22 heavy (non-hydrogen) atoms. The van der Waals surface area contributed by atoms with E-state index in [1.165, 1.54) is 36.4 Å². The van der Waals surface area contributed by atoms with E-state index in [9.17, 15) is 9.18 Å². The van der Waals surface area contributed by atoms with Crippen molar-refractivity contribution in [2.45, 2.75) is 13.0 Å². The Morgan fingerprint density at radius 3 is 2.59 bits per heavy atom. The van der Waals surface area contributed by atoms with Crippen molar-refractivity contribution in [3.05, 3.63) is 58.9 Å². The summed E-state index contributed by atoms with van der Waals surface area (Å²) in [5, 5.41) is 11.6. The quantitative estimate of drug-likeness (QED) is 0.933. The number of anilines is 1.